The predicted molar refractivity (Wildman–Crippen MR) is 76.2 cm³/mol. The molecule has 2 aromatic rings. The Morgan fingerprint density at radius 1 is 1.33 bits per heavy atom. The van der Waals surface area contributed by atoms with Crippen molar-refractivity contribution >= 4 is 10.9 Å². The Kier molecular flexibility index (Phi) is 3.62. The highest BCUT2D eigenvalue weighted by atomic mass is 16.5. The summed E-state index contributed by atoms with van der Waals surface area (Å²) >= 11 is 0. The van der Waals surface area contributed by atoms with Crippen molar-refractivity contribution in [3.8, 4) is 5.75 Å². The molecular weight excluding hydrogens is 224 g/mol. The third kappa shape index (κ3) is 1.99. The number of fused-ring (bicyclic) bond motifs is 1. The van der Waals surface area contributed by atoms with E-state index in [1.807, 2.05) is 6.07 Å². The number of nitrogens with two attached hydrogens (primary N) is 1. The maximum atomic E-state index is 5.93. The highest BCUT2D eigenvalue weighted by Gasteiger charge is 2.20. The van der Waals surface area contributed by atoms with Crippen molar-refractivity contribution in [2.75, 3.05) is 13.7 Å². The summed E-state index contributed by atoms with van der Waals surface area (Å²) in [7, 11) is 1.70. The van der Waals surface area contributed by atoms with Crippen LogP contribution < -0.4 is 10.5 Å². The second kappa shape index (κ2) is 5.02. The number of aromatic amines is 1. The zero-order chi connectivity index (χ0) is 13.3. The predicted octanol–water partition coefficient (Wildman–Crippen LogP) is 3.18. The lowest BCUT2D eigenvalue weighted by atomic mass is 9.87. The van der Waals surface area contributed by atoms with Crippen LogP contribution in [-0.4, -0.2) is 18.6 Å². The lowest BCUT2D eigenvalue weighted by Crippen LogP contribution is -2.17. The summed E-state index contributed by atoms with van der Waals surface area (Å²) in [4.78, 5) is 3.34. The Labute approximate surface area is 108 Å². The molecule has 0 fully saturated rings. The van der Waals surface area contributed by atoms with Gasteiger partial charge >= 0.3 is 0 Å². The molecule has 0 aliphatic carbocycles. The SMILES string of the molecule is COc1ccc(C)c2c(C(CN)C(C)C)c[nH]c12. The minimum absolute atomic E-state index is 0.379. The highest BCUT2D eigenvalue weighted by molar-refractivity contribution is 5.91. The second-order valence-corrected chi connectivity index (χ2v) is 5.16. The molecule has 0 spiro atoms. The average molecular weight is 246 g/mol. The summed E-state index contributed by atoms with van der Waals surface area (Å²) in [5.41, 5.74) is 9.58. The first kappa shape index (κ1) is 13.0. The normalized spacial score (nSPS) is 13.2. The van der Waals surface area contributed by atoms with Crippen molar-refractivity contribution in [3.63, 3.8) is 0 Å². The van der Waals surface area contributed by atoms with Gasteiger partial charge in [-0.2, -0.15) is 0 Å². The maximum Gasteiger partial charge on any atom is 0.142 e. The number of rotatable bonds is 4. The van der Waals surface area contributed by atoms with Crippen LogP contribution in [0.5, 0.6) is 5.75 Å². The molecule has 0 radical (unpaired) electrons. The van der Waals surface area contributed by atoms with Crippen LogP contribution in [0.2, 0.25) is 0 Å². The number of hydrogen-bond acceptors (Lipinski definition) is 2. The molecule has 2 rings (SSSR count). The number of ether oxygens (including phenoxy) is 1. The van der Waals surface area contributed by atoms with Gasteiger partial charge in [0, 0.05) is 17.5 Å². The molecule has 3 heteroatoms. The van der Waals surface area contributed by atoms with Crippen LogP contribution in [0.15, 0.2) is 18.3 Å². The van der Waals surface area contributed by atoms with E-state index < -0.39 is 0 Å². The van der Waals surface area contributed by atoms with Gasteiger partial charge in [0.1, 0.15) is 5.75 Å². The fraction of sp³-hybridized carbons (Fsp3) is 0.467. The summed E-state index contributed by atoms with van der Waals surface area (Å²) in [6.45, 7) is 7.23. The molecule has 1 aromatic carbocycles. The smallest absolute Gasteiger partial charge is 0.142 e. The Hall–Kier alpha value is -1.48. The summed E-state index contributed by atoms with van der Waals surface area (Å²) in [5, 5.41) is 1.26. The van der Waals surface area contributed by atoms with Gasteiger partial charge < -0.3 is 15.5 Å². The Morgan fingerprint density at radius 3 is 2.61 bits per heavy atom. The molecule has 18 heavy (non-hydrogen) atoms. The van der Waals surface area contributed by atoms with E-state index in [9.17, 15) is 0 Å². The Morgan fingerprint density at radius 2 is 2.06 bits per heavy atom. The number of H-pyrrole nitrogens is 1. The molecule has 0 bridgehead atoms. The lowest BCUT2D eigenvalue weighted by molar-refractivity contribution is 0.419. The van der Waals surface area contributed by atoms with Crippen LogP contribution in [0, 0.1) is 12.8 Å². The van der Waals surface area contributed by atoms with E-state index in [1.165, 1.54) is 16.5 Å². The average Bonchev–Trinajstić information content (AvgIpc) is 2.76. The number of aromatic nitrogens is 1. The van der Waals surface area contributed by atoms with Gasteiger partial charge in [-0.25, -0.2) is 0 Å². The molecular formula is C15H22N2O. The first-order valence-corrected chi connectivity index (χ1v) is 6.44. The lowest BCUT2D eigenvalue weighted by Gasteiger charge is -2.19. The first-order valence-electron chi connectivity index (χ1n) is 6.44. The van der Waals surface area contributed by atoms with Gasteiger partial charge in [0.15, 0.2) is 0 Å². The van der Waals surface area contributed by atoms with Crippen LogP contribution >= 0.6 is 0 Å². The molecule has 3 nitrogen and oxygen atoms in total. The van der Waals surface area contributed by atoms with Gasteiger partial charge in [-0.3, -0.25) is 0 Å². The largest absolute Gasteiger partial charge is 0.495 e. The fourth-order valence-corrected chi connectivity index (χ4v) is 2.65. The number of hydrogen-bond donors (Lipinski definition) is 2. The molecule has 1 atom stereocenters. The molecule has 0 aliphatic rings. The van der Waals surface area contributed by atoms with Crippen LogP contribution in [0.3, 0.4) is 0 Å². The maximum absolute atomic E-state index is 5.93. The number of nitrogens with one attached hydrogen (secondary N) is 1. The Bertz CT molecular complexity index is 543. The van der Waals surface area contributed by atoms with Crippen LogP contribution in [0.25, 0.3) is 10.9 Å². The van der Waals surface area contributed by atoms with E-state index in [2.05, 4.69) is 38.0 Å². The standard InChI is InChI=1S/C15H22N2O/c1-9(2)11(7-16)12-8-17-15-13(18-4)6-5-10(3)14(12)15/h5-6,8-9,11,17H,7,16H2,1-4H3. The third-order valence-electron chi connectivity index (χ3n) is 3.71. The minimum atomic E-state index is 0.379. The van der Waals surface area contributed by atoms with E-state index in [1.54, 1.807) is 7.11 Å². The molecule has 1 aromatic heterocycles. The second-order valence-electron chi connectivity index (χ2n) is 5.16. The number of aryl methyl sites for hydroxylation is 1. The molecule has 0 saturated carbocycles. The van der Waals surface area contributed by atoms with Crippen molar-refractivity contribution in [1.29, 1.82) is 0 Å². The summed E-state index contributed by atoms with van der Waals surface area (Å²) in [5.74, 6) is 1.80. The topological polar surface area (TPSA) is 51.0 Å². The summed E-state index contributed by atoms with van der Waals surface area (Å²) in [6, 6.07) is 4.11. The van der Waals surface area contributed by atoms with E-state index in [0.717, 1.165) is 11.3 Å². The monoisotopic (exact) mass is 246 g/mol. The van der Waals surface area contributed by atoms with Gasteiger partial charge in [-0.05, 0) is 36.6 Å². The molecule has 3 N–H and O–H groups in total. The van der Waals surface area contributed by atoms with Crippen molar-refractivity contribution in [3.05, 3.63) is 29.5 Å². The van der Waals surface area contributed by atoms with Gasteiger partial charge in [0.25, 0.3) is 0 Å². The highest BCUT2D eigenvalue weighted by Crippen LogP contribution is 2.35. The van der Waals surface area contributed by atoms with E-state index in [-0.39, 0.29) is 0 Å². The molecule has 1 heterocycles. The van der Waals surface area contributed by atoms with Gasteiger partial charge in [0.2, 0.25) is 0 Å². The molecule has 0 aliphatic heterocycles. The van der Waals surface area contributed by atoms with Gasteiger partial charge in [0.05, 0.1) is 12.6 Å². The summed E-state index contributed by atoms with van der Waals surface area (Å²) < 4.78 is 5.41. The fourth-order valence-electron chi connectivity index (χ4n) is 2.65. The molecule has 0 saturated heterocycles. The van der Waals surface area contributed by atoms with Crippen molar-refractivity contribution in [1.82, 2.24) is 4.98 Å². The molecule has 0 amide bonds. The minimum Gasteiger partial charge on any atom is -0.495 e. The molecule has 1 unspecified atom stereocenters. The van der Waals surface area contributed by atoms with Crippen molar-refractivity contribution in [2.45, 2.75) is 26.7 Å². The zero-order valence-electron chi connectivity index (χ0n) is 11.6. The van der Waals surface area contributed by atoms with E-state index in [0.29, 0.717) is 18.4 Å². The first-order chi connectivity index (χ1) is 8.60. The molecule has 98 valence electrons. The number of methoxy groups -OCH3 is 1. The Balaban J connectivity index is 2.66. The van der Waals surface area contributed by atoms with Crippen LogP contribution in [0.1, 0.15) is 30.9 Å². The number of benzene rings is 1. The quantitative estimate of drug-likeness (QED) is 0.870. The van der Waals surface area contributed by atoms with Gasteiger partial charge in [-0.15, -0.1) is 0 Å². The van der Waals surface area contributed by atoms with Crippen LogP contribution in [0.4, 0.5) is 0 Å². The summed E-state index contributed by atoms with van der Waals surface area (Å²) in [6.07, 6.45) is 2.08. The zero-order valence-corrected chi connectivity index (χ0v) is 11.6. The van der Waals surface area contributed by atoms with E-state index in [4.69, 9.17) is 10.5 Å². The van der Waals surface area contributed by atoms with Gasteiger partial charge in [-0.1, -0.05) is 19.9 Å². The third-order valence-corrected chi connectivity index (χ3v) is 3.71. The van der Waals surface area contributed by atoms with E-state index >= 15 is 0 Å². The van der Waals surface area contributed by atoms with Crippen molar-refractivity contribution in [2.24, 2.45) is 11.7 Å². The van der Waals surface area contributed by atoms with Crippen molar-refractivity contribution < 1.29 is 4.74 Å². The van der Waals surface area contributed by atoms with Crippen LogP contribution in [-0.2, 0) is 0 Å².